The average molecular weight is 224 g/mol. The summed E-state index contributed by atoms with van der Waals surface area (Å²) in [6.45, 7) is 11.5. The monoisotopic (exact) mass is 224 g/mol. The predicted octanol–water partition coefficient (Wildman–Crippen LogP) is 2.64. The third-order valence-electron chi connectivity index (χ3n) is 3.04. The van der Waals surface area contributed by atoms with E-state index < -0.39 is 0 Å². The number of anilines is 2. The highest BCUT2D eigenvalue weighted by atomic mass is 15.3. The van der Waals surface area contributed by atoms with Crippen LogP contribution in [0.2, 0.25) is 0 Å². The van der Waals surface area contributed by atoms with Crippen LogP contribution in [-0.4, -0.2) is 15.8 Å². The predicted molar refractivity (Wildman–Crippen MR) is 69.6 cm³/mol. The van der Waals surface area contributed by atoms with Gasteiger partial charge in [-0.2, -0.15) is 5.10 Å². The van der Waals surface area contributed by atoms with Gasteiger partial charge in [-0.05, 0) is 26.2 Å². The number of nitrogen functional groups attached to an aromatic ring is 1. The Hall–Kier alpha value is -1.19. The number of nitrogens with one attached hydrogen (secondary N) is 1. The van der Waals surface area contributed by atoms with E-state index in [0.29, 0.717) is 12.0 Å². The van der Waals surface area contributed by atoms with E-state index in [4.69, 9.17) is 5.73 Å². The normalized spacial score (nSPS) is 13.1. The summed E-state index contributed by atoms with van der Waals surface area (Å²) >= 11 is 0. The fourth-order valence-corrected chi connectivity index (χ4v) is 1.89. The van der Waals surface area contributed by atoms with Crippen molar-refractivity contribution < 1.29 is 0 Å². The Morgan fingerprint density at radius 1 is 1.38 bits per heavy atom. The molecule has 0 aliphatic heterocycles. The van der Waals surface area contributed by atoms with Crippen LogP contribution in [0, 0.1) is 12.8 Å². The van der Waals surface area contributed by atoms with Gasteiger partial charge in [0.25, 0.3) is 0 Å². The molecular formula is C12H24N4. The van der Waals surface area contributed by atoms with Crippen LogP contribution in [0.1, 0.15) is 39.8 Å². The summed E-state index contributed by atoms with van der Waals surface area (Å²) in [7, 11) is 0. The van der Waals surface area contributed by atoms with Gasteiger partial charge in [-0.25, -0.2) is 4.68 Å². The third-order valence-corrected chi connectivity index (χ3v) is 3.04. The summed E-state index contributed by atoms with van der Waals surface area (Å²) in [6, 6.07) is 0.448. The summed E-state index contributed by atoms with van der Waals surface area (Å²) in [5.41, 5.74) is 7.72. The molecule has 0 fully saturated rings. The second kappa shape index (κ2) is 5.23. The number of hydrogen-bond donors (Lipinski definition) is 2. The number of nitrogens with zero attached hydrogens (tertiary/aromatic N) is 2. The molecule has 0 aliphatic carbocycles. The Kier molecular flexibility index (Phi) is 4.21. The van der Waals surface area contributed by atoms with Crippen molar-refractivity contribution in [1.82, 2.24) is 9.78 Å². The van der Waals surface area contributed by atoms with E-state index in [1.54, 1.807) is 0 Å². The van der Waals surface area contributed by atoms with E-state index in [1.165, 1.54) is 0 Å². The minimum Gasteiger partial charge on any atom is -0.394 e. The molecule has 4 nitrogen and oxygen atoms in total. The van der Waals surface area contributed by atoms with E-state index in [9.17, 15) is 0 Å². The van der Waals surface area contributed by atoms with Crippen LogP contribution in [0.15, 0.2) is 0 Å². The van der Waals surface area contributed by atoms with Gasteiger partial charge in [0.05, 0.1) is 11.4 Å². The van der Waals surface area contributed by atoms with Crippen molar-refractivity contribution in [3.8, 4) is 0 Å². The summed E-state index contributed by atoms with van der Waals surface area (Å²) in [6.07, 6.45) is 1.09. The van der Waals surface area contributed by atoms with Crippen molar-refractivity contribution in [1.29, 1.82) is 0 Å². The Labute approximate surface area is 98.2 Å². The molecule has 1 aromatic heterocycles. The van der Waals surface area contributed by atoms with E-state index in [1.807, 2.05) is 11.6 Å². The zero-order chi connectivity index (χ0) is 12.3. The summed E-state index contributed by atoms with van der Waals surface area (Å²) in [5, 5.41) is 7.92. The molecule has 0 saturated heterocycles. The first-order chi connectivity index (χ1) is 7.51. The molecule has 0 bridgehead atoms. The molecule has 1 unspecified atom stereocenters. The molecule has 1 aromatic rings. The Morgan fingerprint density at radius 2 is 2.00 bits per heavy atom. The Bertz CT molecular complexity index is 341. The number of aromatic nitrogens is 2. The van der Waals surface area contributed by atoms with E-state index in [0.717, 1.165) is 30.2 Å². The van der Waals surface area contributed by atoms with Crippen LogP contribution in [0.4, 0.5) is 11.5 Å². The van der Waals surface area contributed by atoms with Gasteiger partial charge in [0.2, 0.25) is 0 Å². The van der Waals surface area contributed by atoms with Crippen LogP contribution in [0.3, 0.4) is 0 Å². The highest BCUT2D eigenvalue weighted by Crippen LogP contribution is 2.24. The standard InChI is InChI=1S/C12H24N4/c1-6-10(8(3)4)14-12-11(13)9(5)15-16(12)7-2/h8,10,14H,6-7,13H2,1-5H3. The third kappa shape index (κ3) is 2.49. The van der Waals surface area contributed by atoms with Crippen LogP contribution >= 0.6 is 0 Å². The molecule has 92 valence electrons. The van der Waals surface area contributed by atoms with Gasteiger partial charge in [0.1, 0.15) is 5.82 Å². The maximum Gasteiger partial charge on any atom is 0.148 e. The molecular weight excluding hydrogens is 200 g/mol. The lowest BCUT2D eigenvalue weighted by atomic mass is 10.0. The largest absolute Gasteiger partial charge is 0.394 e. The SMILES string of the molecule is CCC(Nc1c(N)c(C)nn1CC)C(C)C. The van der Waals surface area contributed by atoms with E-state index >= 15 is 0 Å². The highest BCUT2D eigenvalue weighted by molar-refractivity contribution is 5.65. The number of aryl methyl sites for hydroxylation is 2. The molecule has 1 atom stereocenters. The zero-order valence-electron chi connectivity index (χ0n) is 11.0. The minimum atomic E-state index is 0.448. The topological polar surface area (TPSA) is 55.9 Å². The van der Waals surface area contributed by atoms with Gasteiger partial charge in [-0.1, -0.05) is 20.8 Å². The fourth-order valence-electron chi connectivity index (χ4n) is 1.89. The van der Waals surface area contributed by atoms with Gasteiger partial charge < -0.3 is 11.1 Å². The molecule has 0 radical (unpaired) electrons. The molecule has 0 spiro atoms. The Balaban J connectivity index is 2.94. The lowest BCUT2D eigenvalue weighted by molar-refractivity contribution is 0.504. The van der Waals surface area contributed by atoms with Crippen LogP contribution in [0.5, 0.6) is 0 Å². The molecule has 0 aromatic carbocycles. The second-order valence-corrected chi connectivity index (χ2v) is 4.57. The van der Waals surface area contributed by atoms with Gasteiger partial charge in [-0.3, -0.25) is 0 Å². The Morgan fingerprint density at radius 3 is 2.44 bits per heavy atom. The molecule has 1 rings (SSSR count). The molecule has 0 amide bonds. The quantitative estimate of drug-likeness (QED) is 0.808. The van der Waals surface area contributed by atoms with Gasteiger partial charge >= 0.3 is 0 Å². The molecule has 0 aliphatic rings. The molecule has 4 heteroatoms. The lowest BCUT2D eigenvalue weighted by Gasteiger charge is -2.22. The van der Waals surface area contributed by atoms with Crippen molar-refractivity contribution in [2.45, 2.75) is 53.6 Å². The minimum absolute atomic E-state index is 0.448. The van der Waals surface area contributed by atoms with Crippen molar-refractivity contribution in [2.24, 2.45) is 5.92 Å². The van der Waals surface area contributed by atoms with Crippen molar-refractivity contribution in [2.75, 3.05) is 11.1 Å². The van der Waals surface area contributed by atoms with Crippen molar-refractivity contribution >= 4 is 11.5 Å². The van der Waals surface area contributed by atoms with Crippen LogP contribution in [-0.2, 0) is 6.54 Å². The second-order valence-electron chi connectivity index (χ2n) is 4.57. The van der Waals surface area contributed by atoms with Crippen LogP contribution < -0.4 is 11.1 Å². The van der Waals surface area contributed by atoms with Crippen molar-refractivity contribution in [3.63, 3.8) is 0 Å². The van der Waals surface area contributed by atoms with E-state index in [2.05, 4.69) is 38.1 Å². The number of hydrogen-bond acceptors (Lipinski definition) is 3. The van der Waals surface area contributed by atoms with Crippen molar-refractivity contribution in [3.05, 3.63) is 5.69 Å². The first kappa shape index (κ1) is 12.9. The number of nitrogens with two attached hydrogens (primary N) is 1. The molecule has 1 heterocycles. The maximum absolute atomic E-state index is 6.04. The van der Waals surface area contributed by atoms with Crippen LogP contribution in [0.25, 0.3) is 0 Å². The first-order valence-corrected chi connectivity index (χ1v) is 6.10. The summed E-state index contributed by atoms with van der Waals surface area (Å²) in [5.74, 6) is 1.56. The summed E-state index contributed by atoms with van der Waals surface area (Å²) in [4.78, 5) is 0. The van der Waals surface area contributed by atoms with Gasteiger partial charge in [0, 0.05) is 12.6 Å². The molecule has 3 N–H and O–H groups in total. The van der Waals surface area contributed by atoms with Gasteiger partial charge in [-0.15, -0.1) is 0 Å². The fraction of sp³-hybridized carbons (Fsp3) is 0.750. The molecule has 0 saturated carbocycles. The maximum atomic E-state index is 6.04. The number of rotatable bonds is 5. The molecule has 16 heavy (non-hydrogen) atoms. The average Bonchev–Trinajstić information content (AvgIpc) is 2.51. The highest BCUT2D eigenvalue weighted by Gasteiger charge is 2.17. The summed E-state index contributed by atoms with van der Waals surface area (Å²) < 4.78 is 1.94. The smallest absolute Gasteiger partial charge is 0.148 e. The zero-order valence-corrected chi connectivity index (χ0v) is 11.0. The van der Waals surface area contributed by atoms with Gasteiger partial charge in [0.15, 0.2) is 0 Å². The lowest BCUT2D eigenvalue weighted by Crippen LogP contribution is -2.26. The van der Waals surface area contributed by atoms with E-state index in [-0.39, 0.29) is 0 Å². The first-order valence-electron chi connectivity index (χ1n) is 6.10.